The quantitative estimate of drug-likeness (QED) is 0.506. The summed E-state index contributed by atoms with van der Waals surface area (Å²) in [5, 5.41) is -0.394. The third kappa shape index (κ3) is 4.63. The Bertz CT molecular complexity index is 363. The van der Waals surface area contributed by atoms with Crippen molar-refractivity contribution in [3.8, 4) is 0 Å². The van der Waals surface area contributed by atoms with Crippen molar-refractivity contribution >= 4 is 20.5 Å². The molecule has 0 saturated carbocycles. The molecule has 0 bridgehead atoms. The smallest absolute Gasteiger partial charge is 0.470 e. The molecule has 20 heavy (non-hydrogen) atoms. The molecule has 0 rings (SSSR count). The monoisotopic (exact) mass is 298 g/mol. The molecule has 0 spiro atoms. The molecule has 0 aliphatic carbocycles. The van der Waals surface area contributed by atoms with E-state index in [1.54, 1.807) is 0 Å². The SMILES string of the molecule is C=CC(=O)O[Si](CC(C)C)(OC(=O)C=C)C(C)(C)CC. The minimum Gasteiger partial charge on any atom is -0.481 e. The number of rotatable bonds is 8. The molecule has 0 aromatic heterocycles. The highest BCUT2D eigenvalue weighted by Crippen LogP contribution is 2.45. The van der Waals surface area contributed by atoms with Crippen molar-refractivity contribution in [1.82, 2.24) is 0 Å². The molecule has 4 nitrogen and oxygen atoms in total. The van der Waals surface area contributed by atoms with E-state index >= 15 is 0 Å². The van der Waals surface area contributed by atoms with Crippen molar-refractivity contribution in [2.75, 3.05) is 0 Å². The van der Waals surface area contributed by atoms with Crippen molar-refractivity contribution in [3.63, 3.8) is 0 Å². The Labute approximate surface area is 123 Å². The summed E-state index contributed by atoms with van der Waals surface area (Å²) in [5.41, 5.74) is 0. The first-order valence-corrected chi connectivity index (χ1v) is 8.87. The van der Waals surface area contributed by atoms with Crippen LogP contribution in [-0.4, -0.2) is 20.5 Å². The molecule has 0 aromatic rings. The molecule has 0 aliphatic rings. The summed E-state index contributed by atoms with van der Waals surface area (Å²) in [6, 6.07) is 0.549. The second-order valence-corrected chi connectivity index (χ2v) is 9.51. The van der Waals surface area contributed by atoms with Crippen LogP contribution >= 0.6 is 0 Å². The van der Waals surface area contributed by atoms with E-state index in [0.29, 0.717) is 6.04 Å². The first-order chi connectivity index (χ1) is 9.14. The molecule has 0 fully saturated rings. The van der Waals surface area contributed by atoms with Gasteiger partial charge >= 0.3 is 20.5 Å². The molecule has 0 unspecified atom stereocenters. The average molecular weight is 298 g/mol. The average Bonchev–Trinajstić information content (AvgIpc) is 2.37. The largest absolute Gasteiger partial charge is 0.481 e. The van der Waals surface area contributed by atoms with Gasteiger partial charge in [0.2, 0.25) is 0 Å². The summed E-state index contributed by atoms with van der Waals surface area (Å²) in [5.74, 6) is -0.853. The lowest BCUT2D eigenvalue weighted by atomic mass is 10.1. The highest BCUT2D eigenvalue weighted by Gasteiger charge is 2.57. The minimum absolute atomic E-state index is 0.239. The van der Waals surface area contributed by atoms with Gasteiger partial charge in [-0.3, -0.25) is 0 Å². The predicted octanol–water partition coefficient (Wildman–Crippen LogP) is 3.73. The Morgan fingerprint density at radius 1 is 1.15 bits per heavy atom. The van der Waals surface area contributed by atoms with Crippen LogP contribution in [0.15, 0.2) is 25.3 Å². The van der Waals surface area contributed by atoms with Crippen LogP contribution in [0.3, 0.4) is 0 Å². The third-order valence-corrected chi connectivity index (χ3v) is 8.29. The molecule has 0 radical (unpaired) electrons. The molecular weight excluding hydrogens is 272 g/mol. The first-order valence-electron chi connectivity index (χ1n) is 6.85. The van der Waals surface area contributed by atoms with Crippen LogP contribution in [0.5, 0.6) is 0 Å². The summed E-state index contributed by atoms with van der Waals surface area (Å²) in [4.78, 5) is 23.4. The van der Waals surface area contributed by atoms with Gasteiger partial charge in [0.1, 0.15) is 0 Å². The maximum Gasteiger partial charge on any atom is 0.470 e. The fraction of sp³-hybridized carbons (Fsp3) is 0.600. The number of carbonyl (C=O) groups excluding carboxylic acids is 2. The predicted molar refractivity (Wildman–Crippen MR) is 82.3 cm³/mol. The van der Waals surface area contributed by atoms with Gasteiger partial charge in [-0.15, -0.1) is 0 Å². The standard InChI is InChI=1S/C15H26O4Si/c1-8-13(16)18-20(11-12(4)5,15(6,7)10-3)19-14(17)9-2/h8-9,12H,1-2,10-11H2,3-7H3. The van der Waals surface area contributed by atoms with Gasteiger partial charge in [-0.25, -0.2) is 9.59 Å². The van der Waals surface area contributed by atoms with Crippen molar-refractivity contribution in [2.24, 2.45) is 5.92 Å². The molecule has 0 heterocycles. The van der Waals surface area contributed by atoms with Gasteiger partial charge < -0.3 is 8.85 Å². The van der Waals surface area contributed by atoms with Crippen LogP contribution in [-0.2, 0) is 18.4 Å². The van der Waals surface area contributed by atoms with Crippen LogP contribution in [0, 0.1) is 5.92 Å². The Hall–Kier alpha value is -1.36. The Kier molecular flexibility index (Phi) is 6.92. The fourth-order valence-corrected chi connectivity index (χ4v) is 5.62. The molecule has 0 atom stereocenters. The fourth-order valence-electron chi connectivity index (χ4n) is 1.87. The van der Waals surface area contributed by atoms with Gasteiger partial charge in [0.05, 0.1) is 0 Å². The Morgan fingerprint density at radius 3 is 1.80 bits per heavy atom. The molecular formula is C15H26O4Si. The Morgan fingerprint density at radius 2 is 1.55 bits per heavy atom. The second kappa shape index (κ2) is 7.43. The van der Waals surface area contributed by atoms with Gasteiger partial charge in [-0.05, 0) is 12.3 Å². The van der Waals surface area contributed by atoms with Crippen molar-refractivity contribution in [1.29, 1.82) is 0 Å². The van der Waals surface area contributed by atoms with Crippen LogP contribution in [0.2, 0.25) is 11.1 Å². The van der Waals surface area contributed by atoms with E-state index in [0.717, 1.165) is 18.6 Å². The zero-order chi connectivity index (χ0) is 16.0. The van der Waals surface area contributed by atoms with Crippen LogP contribution in [0.25, 0.3) is 0 Å². The molecule has 5 heteroatoms. The topological polar surface area (TPSA) is 52.6 Å². The maximum absolute atomic E-state index is 11.7. The van der Waals surface area contributed by atoms with Crippen molar-refractivity contribution < 1.29 is 18.4 Å². The summed E-state index contributed by atoms with van der Waals surface area (Å²) in [6.07, 6.45) is 2.95. The lowest BCUT2D eigenvalue weighted by molar-refractivity contribution is -0.136. The van der Waals surface area contributed by atoms with E-state index in [-0.39, 0.29) is 5.92 Å². The lowest BCUT2D eigenvalue weighted by Gasteiger charge is -2.41. The molecule has 0 N–H and O–H groups in total. The number of carbonyl (C=O) groups is 2. The van der Waals surface area contributed by atoms with E-state index in [9.17, 15) is 9.59 Å². The highest BCUT2D eigenvalue weighted by atomic mass is 28.4. The minimum atomic E-state index is -3.10. The van der Waals surface area contributed by atoms with Gasteiger partial charge in [0.15, 0.2) is 0 Å². The normalized spacial score (nSPS) is 11.9. The van der Waals surface area contributed by atoms with Crippen molar-refractivity contribution in [2.45, 2.75) is 52.1 Å². The molecule has 0 amide bonds. The van der Waals surface area contributed by atoms with E-state index in [1.807, 2.05) is 34.6 Å². The van der Waals surface area contributed by atoms with Crippen LogP contribution in [0.1, 0.15) is 41.0 Å². The van der Waals surface area contributed by atoms with E-state index in [2.05, 4.69) is 13.2 Å². The van der Waals surface area contributed by atoms with Gasteiger partial charge in [0, 0.05) is 23.2 Å². The van der Waals surface area contributed by atoms with E-state index < -0.39 is 25.5 Å². The van der Waals surface area contributed by atoms with E-state index in [1.165, 1.54) is 0 Å². The molecule has 0 aromatic carbocycles. The zero-order valence-corrected chi connectivity index (χ0v) is 14.2. The molecule has 0 aliphatic heterocycles. The van der Waals surface area contributed by atoms with Gasteiger partial charge in [-0.1, -0.05) is 47.8 Å². The summed E-state index contributed by atoms with van der Waals surface area (Å²) in [6.45, 7) is 16.8. The Balaban J connectivity index is 5.73. The number of hydrogen-bond acceptors (Lipinski definition) is 4. The summed E-state index contributed by atoms with van der Waals surface area (Å²) < 4.78 is 11.2. The summed E-state index contributed by atoms with van der Waals surface area (Å²) >= 11 is 0. The van der Waals surface area contributed by atoms with Crippen LogP contribution in [0.4, 0.5) is 0 Å². The van der Waals surface area contributed by atoms with Crippen LogP contribution < -0.4 is 0 Å². The molecule has 0 saturated heterocycles. The first kappa shape index (κ1) is 18.6. The lowest BCUT2D eigenvalue weighted by Crippen LogP contribution is -2.54. The second-order valence-electron chi connectivity index (χ2n) is 5.84. The third-order valence-electron chi connectivity index (χ3n) is 3.46. The number of hydrogen-bond donors (Lipinski definition) is 0. The van der Waals surface area contributed by atoms with Gasteiger partial charge in [0.25, 0.3) is 0 Å². The molecule has 114 valence electrons. The van der Waals surface area contributed by atoms with Gasteiger partial charge in [-0.2, -0.15) is 0 Å². The van der Waals surface area contributed by atoms with E-state index in [4.69, 9.17) is 8.85 Å². The van der Waals surface area contributed by atoms with Crippen molar-refractivity contribution in [3.05, 3.63) is 25.3 Å². The maximum atomic E-state index is 11.7. The zero-order valence-electron chi connectivity index (χ0n) is 13.2. The highest BCUT2D eigenvalue weighted by molar-refractivity contribution is 6.73. The summed E-state index contributed by atoms with van der Waals surface area (Å²) in [7, 11) is -3.10.